The van der Waals surface area contributed by atoms with Gasteiger partial charge in [-0.1, -0.05) is 42.5 Å². The van der Waals surface area contributed by atoms with Gasteiger partial charge in [0.15, 0.2) is 5.76 Å². The topological polar surface area (TPSA) is 90.2 Å². The number of ether oxygens (including phenoxy) is 3. The molecule has 1 saturated heterocycles. The molecule has 2 aliphatic rings. The highest BCUT2D eigenvalue weighted by atomic mass is 16.7. The maximum absolute atomic E-state index is 13.3. The third kappa shape index (κ3) is 5.06. The van der Waals surface area contributed by atoms with Crippen LogP contribution in [-0.4, -0.2) is 59.0 Å². The van der Waals surface area contributed by atoms with E-state index in [1.165, 1.54) is 6.92 Å². The summed E-state index contributed by atoms with van der Waals surface area (Å²) in [5, 5.41) is 10.2. The van der Waals surface area contributed by atoms with Crippen LogP contribution in [0.5, 0.6) is 0 Å². The van der Waals surface area contributed by atoms with E-state index in [9.17, 15) is 14.7 Å². The Kier molecular flexibility index (Phi) is 7.18. The minimum Gasteiger partial charge on any atom is -0.459 e. The fourth-order valence-corrected chi connectivity index (χ4v) is 4.74. The summed E-state index contributed by atoms with van der Waals surface area (Å²) in [6.07, 6.45) is 3.58. The highest BCUT2D eigenvalue weighted by Crippen LogP contribution is 2.37. The van der Waals surface area contributed by atoms with Gasteiger partial charge < -0.3 is 24.2 Å². The lowest BCUT2D eigenvalue weighted by molar-refractivity contribution is -0.158. The van der Waals surface area contributed by atoms with E-state index in [-0.39, 0.29) is 30.1 Å². The average Bonchev–Trinajstić information content (AvgIpc) is 3.32. The first-order valence-electron chi connectivity index (χ1n) is 12.2. The maximum atomic E-state index is 13.3. The van der Waals surface area contributed by atoms with Crippen molar-refractivity contribution < 1.29 is 28.9 Å². The number of para-hydroxylation sites is 1. The van der Waals surface area contributed by atoms with Crippen molar-refractivity contribution in [2.75, 3.05) is 26.3 Å². The molecule has 2 aromatic carbocycles. The third-order valence-electron chi connectivity index (χ3n) is 6.69. The molecular weight excluding hydrogens is 460 g/mol. The van der Waals surface area contributed by atoms with Crippen molar-refractivity contribution in [3.63, 3.8) is 0 Å². The van der Waals surface area contributed by atoms with Crippen LogP contribution in [0.25, 0.3) is 10.9 Å². The molecule has 0 spiro atoms. The quantitative estimate of drug-likeness (QED) is 0.568. The second-order valence-corrected chi connectivity index (χ2v) is 9.10. The maximum Gasteiger partial charge on any atom is 0.288 e. The van der Waals surface area contributed by atoms with Crippen LogP contribution in [0.1, 0.15) is 40.7 Å². The summed E-state index contributed by atoms with van der Waals surface area (Å²) in [5.41, 5.74) is 3.56. The lowest BCUT2D eigenvalue weighted by Gasteiger charge is -2.33. The van der Waals surface area contributed by atoms with E-state index in [1.54, 1.807) is 9.47 Å². The number of fused-ring (bicyclic) bond motifs is 1. The van der Waals surface area contributed by atoms with Crippen LogP contribution >= 0.6 is 0 Å². The molecule has 2 aliphatic heterocycles. The van der Waals surface area contributed by atoms with E-state index in [0.717, 1.165) is 27.6 Å². The lowest BCUT2D eigenvalue weighted by atomic mass is 9.92. The van der Waals surface area contributed by atoms with Crippen molar-refractivity contribution in [3.05, 3.63) is 83.3 Å². The van der Waals surface area contributed by atoms with Crippen molar-refractivity contribution in [3.8, 4) is 0 Å². The van der Waals surface area contributed by atoms with Gasteiger partial charge in [-0.05, 0) is 28.8 Å². The molecular formula is C28H30N2O6. The number of hydrogen-bond donors (Lipinski definition) is 1. The summed E-state index contributed by atoms with van der Waals surface area (Å²) >= 11 is 0. The first-order chi connectivity index (χ1) is 17.5. The average molecular weight is 491 g/mol. The fourth-order valence-electron chi connectivity index (χ4n) is 4.74. The van der Waals surface area contributed by atoms with Crippen LogP contribution in [0.3, 0.4) is 0 Å². The van der Waals surface area contributed by atoms with Gasteiger partial charge in [0.05, 0.1) is 31.9 Å². The molecule has 2 atom stereocenters. The number of allylic oxidation sites excluding steroid dienone is 1. The van der Waals surface area contributed by atoms with Gasteiger partial charge in [0.1, 0.15) is 0 Å². The first kappa shape index (κ1) is 24.2. The summed E-state index contributed by atoms with van der Waals surface area (Å²) in [5.74, 6) is -0.170. The zero-order chi connectivity index (χ0) is 25.1. The second-order valence-electron chi connectivity index (χ2n) is 9.10. The number of benzene rings is 2. The van der Waals surface area contributed by atoms with Gasteiger partial charge in [-0.25, -0.2) is 0 Å². The Hall–Kier alpha value is -3.46. The van der Waals surface area contributed by atoms with Crippen LogP contribution in [0.15, 0.2) is 66.6 Å². The number of nitrogens with zero attached hydrogens (tertiary/aromatic N) is 2. The van der Waals surface area contributed by atoms with Gasteiger partial charge in [-0.2, -0.15) is 0 Å². The Morgan fingerprint density at radius 1 is 1.06 bits per heavy atom. The Morgan fingerprint density at radius 3 is 2.50 bits per heavy atom. The fraction of sp³-hybridized carbons (Fsp3) is 0.357. The van der Waals surface area contributed by atoms with E-state index >= 15 is 0 Å². The normalized spacial score (nSPS) is 20.2. The standard InChI is InChI=1S/C28H30N2O6/c1-19(32)30-16-24(23-4-2-3-5-25(23)30)22-14-26(28(33)29-10-12-34-13-11-29)36-27(15-22)35-18-21-8-6-20(17-31)7-9-21/h2-9,14,16,22,27,31H,10-13,15,17-18H2,1H3/t22-,27+/m1/s1. The molecule has 188 valence electrons. The molecule has 0 unspecified atom stereocenters. The van der Waals surface area contributed by atoms with Gasteiger partial charge in [0, 0.05) is 43.9 Å². The predicted molar refractivity (Wildman–Crippen MR) is 133 cm³/mol. The monoisotopic (exact) mass is 490 g/mol. The summed E-state index contributed by atoms with van der Waals surface area (Å²) < 4.78 is 19.3. The molecule has 36 heavy (non-hydrogen) atoms. The summed E-state index contributed by atoms with van der Waals surface area (Å²) in [6.45, 7) is 3.85. The van der Waals surface area contributed by atoms with E-state index in [0.29, 0.717) is 39.3 Å². The van der Waals surface area contributed by atoms with Crippen molar-refractivity contribution in [1.82, 2.24) is 9.47 Å². The summed E-state index contributed by atoms with van der Waals surface area (Å²) in [7, 11) is 0. The van der Waals surface area contributed by atoms with Gasteiger partial charge in [-0.15, -0.1) is 0 Å². The molecule has 1 amide bonds. The lowest BCUT2D eigenvalue weighted by Crippen LogP contribution is -2.43. The number of hydrogen-bond acceptors (Lipinski definition) is 6. The minimum atomic E-state index is -0.642. The summed E-state index contributed by atoms with van der Waals surface area (Å²) in [6, 6.07) is 15.3. The molecule has 0 aliphatic carbocycles. The van der Waals surface area contributed by atoms with Crippen LogP contribution in [0.2, 0.25) is 0 Å². The number of aliphatic hydroxyl groups is 1. The Labute approximate surface area is 209 Å². The molecule has 1 aromatic heterocycles. The highest BCUT2D eigenvalue weighted by molar-refractivity contribution is 5.95. The highest BCUT2D eigenvalue weighted by Gasteiger charge is 2.33. The van der Waals surface area contributed by atoms with Gasteiger partial charge in [0.25, 0.3) is 5.91 Å². The van der Waals surface area contributed by atoms with Crippen LogP contribution in [0, 0.1) is 0 Å². The SMILES string of the molecule is CC(=O)n1cc([C@@H]2C=C(C(=O)N3CCOCC3)O[C@H](OCc3ccc(CO)cc3)C2)c2ccccc21. The molecule has 0 bridgehead atoms. The van der Waals surface area contributed by atoms with Gasteiger partial charge in [-0.3, -0.25) is 14.2 Å². The van der Waals surface area contributed by atoms with E-state index in [1.807, 2.05) is 60.8 Å². The molecule has 0 saturated carbocycles. The van der Waals surface area contributed by atoms with E-state index in [4.69, 9.17) is 14.2 Å². The zero-order valence-corrected chi connectivity index (χ0v) is 20.3. The molecule has 3 aromatic rings. The smallest absolute Gasteiger partial charge is 0.288 e. The molecule has 3 heterocycles. The molecule has 1 fully saturated rings. The number of aromatic nitrogens is 1. The van der Waals surface area contributed by atoms with Crippen LogP contribution in [-0.2, 0) is 32.2 Å². The van der Waals surface area contributed by atoms with Crippen molar-refractivity contribution in [1.29, 1.82) is 0 Å². The molecule has 8 heteroatoms. The Bertz CT molecular complexity index is 1270. The molecule has 8 nitrogen and oxygen atoms in total. The number of carbonyl (C=O) groups is 2. The molecule has 5 rings (SSSR count). The number of carbonyl (C=O) groups excluding carboxylic acids is 2. The first-order valence-corrected chi connectivity index (χ1v) is 12.2. The zero-order valence-electron chi connectivity index (χ0n) is 20.3. The number of rotatable bonds is 6. The summed E-state index contributed by atoms with van der Waals surface area (Å²) in [4.78, 5) is 27.4. The number of aliphatic hydroxyl groups excluding tert-OH is 1. The predicted octanol–water partition coefficient (Wildman–Crippen LogP) is 3.58. The van der Waals surface area contributed by atoms with E-state index in [2.05, 4.69) is 0 Å². The third-order valence-corrected chi connectivity index (χ3v) is 6.69. The second kappa shape index (κ2) is 10.7. The van der Waals surface area contributed by atoms with Crippen molar-refractivity contribution in [2.24, 2.45) is 0 Å². The van der Waals surface area contributed by atoms with Crippen LogP contribution < -0.4 is 0 Å². The Balaban J connectivity index is 1.44. The number of morpholine rings is 1. The Morgan fingerprint density at radius 2 is 1.78 bits per heavy atom. The van der Waals surface area contributed by atoms with Crippen molar-refractivity contribution >= 4 is 22.7 Å². The largest absolute Gasteiger partial charge is 0.459 e. The van der Waals surface area contributed by atoms with Crippen LogP contribution in [0.4, 0.5) is 0 Å². The van der Waals surface area contributed by atoms with E-state index < -0.39 is 6.29 Å². The van der Waals surface area contributed by atoms with Gasteiger partial charge >= 0.3 is 0 Å². The van der Waals surface area contributed by atoms with Crippen molar-refractivity contribution in [2.45, 2.75) is 38.8 Å². The molecule has 1 N–H and O–H groups in total. The number of amides is 1. The minimum absolute atomic E-state index is 0.0137. The van der Waals surface area contributed by atoms with Gasteiger partial charge in [0.2, 0.25) is 12.2 Å². The molecule has 0 radical (unpaired) electrons.